The maximum Gasteiger partial charge on any atom is 0.270 e. The lowest BCUT2D eigenvalue weighted by Gasteiger charge is -2.34. The van der Waals surface area contributed by atoms with Crippen LogP contribution in [0.15, 0.2) is 30.3 Å². The first-order valence-electron chi connectivity index (χ1n) is 10.5. The van der Waals surface area contributed by atoms with Crippen LogP contribution in [0.3, 0.4) is 0 Å². The quantitative estimate of drug-likeness (QED) is 0.668. The molecule has 2 heterocycles. The zero-order chi connectivity index (χ0) is 20.6. The largest absolute Gasteiger partial charge is 0.369 e. The Hall–Kier alpha value is -2.67. The first-order valence-corrected chi connectivity index (χ1v) is 10.5. The molecule has 1 saturated heterocycles. The van der Waals surface area contributed by atoms with Gasteiger partial charge in [0.05, 0.1) is 0 Å². The van der Waals surface area contributed by atoms with Crippen molar-refractivity contribution in [1.29, 1.82) is 0 Å². The molecule has 156 valence electrons. The molecule has 7 nitrogen and oxygen atoms in total. The molecule has 0 unspecified atom stereocenters. The molecule has 0 aliphatic carbocycles. The molecule has 1 amide bonds. The number of anilines is 3. The van der Waals surface area contributed by atoms with E-state index in [0.29, 0.717) is 18.2 Å². The number of carbonyl (C=O) groups excluding carboxylic acids is 1. The van der Waals surface area contributed by atoms with Gasteiger partial charge in [-0.25, -0.2) is 9.97 Å². The average Bonchev–Trinajstić information content (AvgIpc) is 2.72. The highest BCUT2D eigenvalue weighted by Crippen LogP contribution is 2.21. The molecule has 0 atom stereocenters. The lowest BCUT2D eigenvalue weighted by molar-refractivity contribution is 0.0948. The zero-order valence-electron chi connectivity index (χ0n) is 17.7. The molecule has 0 saturated carbocycles. The molecule has 2 aromatic rings. The van der Waals surface area contributed by atoms with Gasteiger partial charge in [0.15, 0.2) is 0 Å². The monoisotopic (exact) mass is 396 g/mol. The van der Waals surface area contributed by atoms with Gasteiger partial charge in [-0.15, -0.1) is 0 Å². The molecule has 1 fully saturated rings. The number of benzene rings is 1. The summed E-state index contributed by atoms with van der Waals surface area (Å²) in [6.07, 6.45) is 3.22. The molecule has 2 N–H and O–H groups in total. The third-order valence-corrected chi connectivity index (χ3v) is 5.14. The van der Waals surface area contributed by atoms with Crippen molar-refractivity contribution in [2.24, 2.45) is 0 Å². The van der Waals surface area contributed by atoms with Crippen LogP contribution in [0.2, 0.25) is 0 Å². The number of aromatic nitrogens is 2. The van der Waals surface area contributed by atoms with Crippen LogP contribution in [0.1, 0.15) is 42.4 Å². The van der Waals surface area contributed by atoms with Gasteiger partial charge >= 0.3 is 0 Å². The summed E-state index contributed by atoms with van der Waals surface area (Å²) in [5, 5.41) is 6.16. The van der Waals surface area contributed by atoms with Crippen LogP contribution < -0.4 is 15.5 Å². The molecule has 29 heavy (non-hydrogen) atoms. The number of amides is 1. The lowest BCUT2D eigenvalue weighted by Crippen LogP contribution is -2.44. The van der Waals surface area contributed by atoms with Crippen molar-refractivity contribution in [2.45, 2.75) is 33.1 Å². The average molecular weight is 397 g/mol. The predicted molar refractivity (Wildman–Crippen MR) is 118 cm³/mol. The van der Waals surface area contributed by atoms with E-state index < -0.39 is 0 Å². The summed E-state index contributed by atoms with van der Waals surface area (Å²) in [4.78, 5) is 25.9. The normalized spacial score (nSPS) is 14.7. The van der Waals surface area contributed by atoms with Gasteiger partial charge in [-0.1, -0.05) is 19.8 Å². The van der Waals surface area contributed by atoms with Crippen LogP contribution in [-0.2, 0) is 0 Å². The number of nitrogens with zero attached hydrogens (tertiary/aromatic N) is 4. The van der Waals surface area contributed by atoms with Crippen molar-refractivity contribution in [2.75, 3.05) is 50.0 Å². The Bertz CT molecular complexity index is 799. The number of aryl methyl sites for hydroxylation is 1. The Morgan fingerprint density at radius 3 is 2.48 bits per heavy atom. The van der Waals surface area contributed by atoms with Gasteiger partial charge in [0, 0.05) is 49.8 Å². The molecule has 0 radical (unpaired) electrons. The lowest BCUT2D eigenvalue weighted by atomic mass is 10.2. The van der Waals surface area contributed by atoms with E-state index in [-0.39, 0.29) is 5.91 Å². The minimum absolute atomic E-state index is 0.153. The number of rotatable bonds is 8. The summed E-state index contributed by atoms with van der Waals surface area (Å²) in [6.45, 7) is 8.94. The van der Waals surface area contributed by atoms with Crippen LogP contribution in [0.5, 0.6) is 0 Å². The van der Waals surface area contributed by atoms with Gasteiger partial charge in [0.1, 0.15) is 5.69 Å². The molecule has 1 aliphatic heterocycles. The highest BCUT2D eigenvalue weighted by molar-refractivity contribution is 5.92. The van der Waals surface area contributed by atoms with Crippen LogP contribution in [0, 0.1) is 6.92 Å². The summed E-state index contributed by atoms with van der Waals surface area (Å²) in [6, 6.07) is 10.0. The molecule has 1 aliphatic rings. The predicted octanol–water partition coefficient (Wildman–Crippen LogP) is 3.20. The molecule has 1 aromatic carbocycles. The standard InChI is InChI=1S/C22H32N6O/c1-4-5-6-11-23-21(29)20-16-17(2)24-22(26-20)25-18-7-9-19(10-8-18)28-14-12-27(3)13-15-28/h7-10,16H,4-6,11-15H2,1-3H3,(H,23,29)(H,24,25,26). The number of nitrogens with one attached hydrogen (secondary N) is 2. The smallest absolute Gasteiger partial charge is 0.270 e. The van der Waals surface area contributed by atoms with Crippen molar-refractivity contribution in [1.82, 2.24) is 20.2 Å². The third kappa shape index (κ3) is 6.15. The second-order valence-corrected chi connectivity index (χ2v) is 7.64. The summed E-state index contributed by atoms with van der Waals surface area (Å²) >= 11 is 0. The van der Waals surface area contributed by atoms with Crippen molar-refractivity contribution >= 4 is 23.2 Å². The van der Waals surface area contributed by atoms with E-state index in [0.717, 1.165) is 56.8 Å². The van der Waals surface area contributed by atoms with E-state index in [1.54, 1.807) is 6.07 Å². The van der Waals surface area contributed by atoms with Gasteiger partial charge in [-0.2, -0.15) is 0 Å². The molecule has 7 heteroatoms. The fraction of sp³-hybridized carbons (Fsp3) is 0.500. The van der Waals surface area contributed by atoms with E-state index >= 15 is 0 Å². The van der Waals surface area contributed by atoms with Gasteiger partial charge in [-0.3, -0.25) is 4.79 Å². The summed E-state index contributed by atoms with van der Waals surface area (Å²) < 4.78 is 0. The van der Waals surface area contributed by atoms with E-state index in [1.165, 1.54) is 5.69 Å². The first kappa shape index (κ1) is 21.0. The second kappa shape index (κ2) is 10.2. The summed E-state index contributed by atoms with van der Waals surface area (Å²) in [5.74, 6) is 0.288. The topological polar surface area (TPSA) is 73.4 Å². The molecule has 3 rings (SSSR count). The number of carbonyl (C=O) groups is 1. The SMILES string of the molecule is CCCCCNC(=O)c1cc(C)nc(Nc2ccc(N3CCN(C)CC3)cc2)n1. The van der Waals surface area contributed by atoms with Gasteiger partial charge in [0.2, 0.25) is 5.95 Å². The Kier molecular flexibility index (Phi) is 7.41. The van der Waals surface area contributed by atoms with Crippen molar-refractivity contribution in [3.05, 3.63) is 41.7 Å². The van der Waals surface area contributed by atoms with E-state index in [2.05, 4.69) is 56.5 Å². The van der Waals surface area contributed by atoms with Crippen LogP contribution in [0.25, 0.3) is 0 Å². The molecule has 0 bridgehead atoms. The summed E-state index contributed by atoms with van der Waals surface area (Å²) in [5.41, 5.74) is 3.28. The zero-order valence-corrected chi connectivity index (χ0v) is 17.7. The summed E-state index contributed by atoms with van der Waals surface area (Å²) in [7, 11) is 2.16. The molecule has 1 aromatic heterocycles. The van der Waals surface area contributed by atoms with E-state index in [1.807, 2.05) is 19.1 Å². The minimum atomic E-state index is -0.153. The highest BCUT2D eigenvalue weighted by atomic mass is 16.1. The number of unbranched alkanes of at least 4 members (excludes halogenated alkanes) is 2. The third-order valence-electron chi connectivity index (χ3n) is 5.14. The van der Waals surface area contributed by atoms with Crippen LogP contribution in [0.4, 0.5) is 17.3 Å². The van der Waals surface area contributed by atoms with Crippen molar-refractivity contribution in [3.8, 4) is 0 Å². The van der Waals surface area contributed by atoms with Crippen LogP contribution >= 0.6 is 0 Å². The number of likely N-dealkylation sites (N-methyl/N-ethyl adjacent to an activating group) is 1. The van der Waals surface area contributed by atoms with Gasteiger partial charge in [-0.05, 0) is 50.7 Å². The highest BCUT2D eigenvalue weighted by Gasteiger charge is 2.14. The number of hydrogen-bond acceptors (Lipinski definition) is 6. The Morgan fingerprint density at radius 2 is 1.79 bits per heavy atom. The van der Waals surface area contributed by atoms with Gasteiger partial charge < -0.3 is 20.4 Å². The fourth-order valence-electron chi connectivity index (χ4n) is 3.36. The Balaban J connectivity index is 1.62. The maximum atomic E-state index is 12.4. The molecular formula is C22H32N6O. The van der Waals surface area contributed by atoms with E-state index in [9.17, 15) is 4.79 Å². The van der Waals surface area contributed by atoms with E-state index in [4.69, 9.17) is 0 Å². The van der Waals surface area contributed by atoms with Crippen molar-refractivity contribution in [3.63, 3.8) is 0 Å². The Labute approximate surface area is 173 Å². The molecule has 0 spiro atoms. The van der Waals surface area contributed by atoms with Crippen LogP contribution in [-0.4, -0.2) is 60.5 Å². The second-order valence-electron chi connectivity index (χ2n) is 7.64. The first-order chi connectivity index (χ1) is 14.0. The van der Waals surface area contributed by atoms with Gasteiger partial charge in [0.25, 0.3) is 5.91 Å². The maximum absolute atomic E-state index is 12.4. The Morgan fingerprint density at radius 1 is 1.07 bits per heavy atom. The molecular weight excluding hydrogens is 364 g/mol. The number of piperazine rings is 1. The van der Waals surface area contributed by atoms with Crippen molar-refractivity contribution < 1.29 is 4.79 Å². The minimum Gasteiger partial charge on any atom is -0.369 e. The number of hydrogen-bond donors (Lipinski definition) is 2. The fourth-order valence-corrected chi connectivity index (χ4v) is 3.36.